The predicted molar refractivity (Wildman–Crippen MR) is 62.1 cm³/mol. The van der Waals surface area contributed by atoms with Gasteiger partial charge in [0, 0.05) is 29.1 Å². The van der Waals surface area contributed by atoms with Crippen LogP contribution in [0, 0.1) is 5.92 Å². The lowest BCUT2D eigenvalue weighted by Gasteiger charge is -2.03. The summed E-state index contributed by atoms with van der Waals surface area (Å²) in [4.78, 5) is 14.9. The van der Waals surface area contributed by atoms with Crippen LogP contribution >= 0.6 is 0 Å². The third kappa shape index (κ3) is 2.09. The van der Waals surface area contributed by atoms with Gasteiger partial charge in [0.15, 0.2) is 5.78 Å². The number of fused-ring (bicyclic) bond motifs is 1. The van der Waals surface area contributed by atoms with Crippen LogP contribution in [0.1, 0.15) is 30.6 Å². The maximum Gasteiger partial charge on any atom is 0.163 e. The molecule has 15 heavy (non-hydrogen) atoms. The zero-order chi connectivity index (χ0) is 10.8. The molecule has 0 fully saturated rings. The van der Waals surface area contributed by atoms with E-state index >= 15 is 0 Å². The van der Waals surface area contributed by atoms with Gasteiger partial charge in [0.2, 0.25) is 0 Å². The van der Waals surface area contributed by atoms with Crippen LogP contribution in [0.25, 0.3) is 10.9 Å². The molecule has 1 aromatic heterocycles. The molecule has 2 rings (SSSR count). The summed E-state index contributed by atoms with van der Waals surface area (Å²) in [7, 11) is 0. The van der Waals surface area contributed by atoms with Crippen LogP contribution < -0.4 is 0 Å². The maximum absolute atomic E-state index is 11.8. The van der Waals surface area contributed by atoms with E-state index < -0.39 is 0 Å². The van der Waals surface area contributed by atoms with Crippen molar-refractivity contribution in [1.82, 2.24) is 4.98 Å². The number of Topliss-reactive ketones (excluding diaryl/α,β-unsaturated/α-hetero) is 1. The smallest absolute Gasteiger partial charge is 0.163 e. The molecule has 1 N–H and O–H groups in total. The minimum Gasteiger partial charge on any atom is -0.361 e. The van der Waals surface area contributed by atoms with Crippen molar-refractivity contribution in [2.24, 2.45) is 5.92 Å². The Morgan fingerprint density at radius 2 is 2.13 bits per heavy atom. The third-order valence-corrected chi connectivity index (χ3v) is 2.47. The van der Waals surface area contributed by atoms with Crippen molar-refractivity contribution in [3.05, 3.63) is 36.0 Å². The summed E-state index contributed by atoms with van der Waals surface area (Å²) >= 11 is 0. The van der Waals surface area contributed by atoms with Crippen LogP contribution in [0.2, 0.25) is 0 Å². The minimum absolute atomic E-state index is 0.230. The second-order valence-electron chi connectivity index (χ2n) is 4.30. The standard InChI is InChI=1S/C13H15NO/c1-9(2)7-13(15)11-3-4-12-10(8-11)5-6-14-12/h3-6,8-9,14H,7H2,1-2H3. The van der Waals surface area contributed by atoms with Gasteiger partial charge in [-0.3, -0.25) is 4.79 Å². The van der Waals surface area contributed by atoms with E-state index in [2.05, 4.69) is 18.8 Å². The molecular formula is C13H15NO. The van der Waals surface area contributed by atoms with Gasteiger partial charge in [0.25, 0.3) is 0 Å². The molecule has 0 spiro atoms. The fourth-order valence-corrected chi connectivity index (χ4v) is 1.72. The van der Waals surface area contributed by atoms with E-state index in [1.54, 1.807) is 0 Å². The summed E-state index contributed by atoms with van der Waals surface area (Å²) in [6, 6.07) is 7.80. The van der Waals surface area contributed by atoms with Crippen LogP contribution in [0.4, 0.5) is 0 Å². The zero-order valence-corrected chi connectivity index (χ0v) is 9.08. The maximum atomic E-state index is 11.8. The molecule has 1 heterocycles. The average Bonchev–Trinajstić information content (AvgIpc) is 2.62. The second-order valence-corrected chi connectivity index (χ2v) is 4.30. The summed E-state index contributed by atoms with van der Waals surface area (Å²) in [6.07, 6.45) is 2.51. The first-order valence-electron chi connectivity index (χ1n) is 5.27. The fraction of sp³-hybridized carbons (Fsp3) is 0.308. The van der Waals surface area contributed by atoms with Crippen LogP contribution in [0.3, 0.4) is 0 Å². The van der Waals surface area contributed by atoms with Crippen molar-refractivity contribution < 1.29 is 4.79 Å². The van der Waals surface area contributed by atoms with Gasteiger partial charge in [0.1, 0.15) is 0 Å². The molecule has 2 nitrogen and oxygen atoms in total. The number of hydrogen-bond acceptors (Lipinski definition) is 1. The molecule has 1 aromatic carbocycles. The van der Waals surface area contributed by atoms with E-state index in [1.165, 1.54) is 0 Å². The number of aromatic amines is 1. The van der Waals surface area contributed by atoms with Gasteiger partial charge in [0.05, 0.1) is 0 Å². The molecule has 0 saturated carbocycles. The van der Waals surface area contributed by atoms with Crippen molar-refractivity contribution in [2.45, 2.75) is 20.3 Å². The SMILES string of the molecule is CC(C)CC(=O)c1ccc2[nH]ccc2c1. The molecule has 2 heteroatoms. The molecule has 2 aromatic rings. The summed E-state index contributed by atoms with van der Waals surface area (Å²) in [5.74, 6) is 0.646. The molecule has 0 aliphatic heterocycles. The number of carbonyl (C=O) groups excluding carboxylic acids is 1. The second kappa shape index (κ2) is 3.89. The van der Waals surface area contributed by atoms with Crippen LogP contribution in [-0.4, -0.2) is 10.8 Å². The number of benzene rings is 1. The number of nitrogens with one attached hydrogen (secondary N) is 1. The van der Waals surface area contributed by atoms with Crippen molar-refractivity contribution in [2.75, 3.05) is 0 Å². The van der Waals surface area contributed by atoms with Gasteiger partial charge in [-0.1, -0.05) is 13.8 Å². The van der Waals surface area contributed by atoms with Crippen LogP contribution in [0.5, 0.6) is 0 Å². The van der Waals surface area contributed by atoms with Crippen molar-refractivity contribution in [3.63, 3.8) is 0 Å². The van der Waals surface area contributed by atoms with Crippen molar-refractivity contribution in [3.8, 4) is 0 Å². The highest BCUT2D eigenvalue weighted by Crippen LogP contribution is 2.16. The number of carbonyl (C=O) groups is 1. The largest absolute Gasteiger partial charge is 0.361 e. The van der Waals surface area contributed by atoms with Gasteiger partial charge < -0.3 is 4.98 Å². The van der Waals surface area contributed by atoms with E-state index in [0.29, 0.717) is 12.3 Å². The van der Waals surface area contributed by atoms with Crippen molar-refractivity contribution >= 4 is 16.7 Å². The number of aromatic nitrogens is 1. The summed E-state index contributed by atoms with van der Waals surface area (Å²) in [5.41, 5.74) is 1.90. The lowest BCUT2D eigenvalue weighted by atomic mass is 10.0. The molecule has 0 radical (unpaired) electrons. The van der Waals surface area contributed by atoms with Gasteiger partial charge in [-0.25, -0.2) is 0 Å². The molecule has 0 bridgehead atoms. The molecule has 0 unspecified atom stereocenters. The topological polar surface area (TPSA) is 32.9 Å². The normalized spacial score (nSPS) is 11.1. The molecule has 0 aliphatic carbocycles. The number of H-pyrrole nitrogens is 1. The highest BCUT2D eigenvalue weighted by molar-refractivity contribution is 5.99. The Kier molecular flexibility index (Phi) is 2.58. The highest BCUT2D eigenvalue weighted by atomic mass is 16.1. The minimum atomic E-state index is 0.230. The summed E-state index contributed by atoms with van der Waals surface area (Å²) in [5, 5.41) is 1.10. The first-order chi connectivity index (χ1) is 7.16. The molecule has 0 atom stereocenters. The molecule has 0 amide bonds. The molecule has 0 saturated heterocycles. The average molecular weight is 201 g/mol. The van der Waals surface area contributed by atoms with Crippen LogP contribution in [-0.2, 0) is 0 Å². The Bertz CT molecular complexity index is 482. The Hall–Kier alpha value is -1.57. The Morgan fingerprint density at radius 1 is 1.33 bits per heavy atom. The lowest BCUT2D eigenvalue weighted by Crippen LogP contribution is -2.02. The van der Waals surface area contributed by atoms with E-state index in [1.807, 2.05) is 30.5 Å². The third-order valence-electron chi connectivity index (χ3n) is 2.47. The highest BCUT2D eigenvalue weighted by Gasteiger charge is 2.08. The first-order valence-corrected chi connectivity index (χ1v) is 5.27. The predicted octanol–water partition coefficient (Wildman–Crippen LogP) is 3.40. The van der Waals surface area contributed by atoms with Gasteiger partial charge in [-0.05, 0) is 30.2 Å². The monoisotopic (exact) mass is 201 g/mol. The number of hydrogen-bond donors (Lipinski definition) is 1. The quantitative estimate of drug-likeness (QED) is 0.758. The molecule has 0 aliphatic rings. The lowest BCUT2D eigenvalue weighted by molar-refractivity contribution is 0.0968. The van der Waals surface area contributed by atoms with Gasteiger partial charge >= 0.3 is 0 Å². The van der Waals surface area contributed by atoms with Gasteiger partial charge in [-0.15, -0.1) is 0 Å². The zero-order valence-electron chi connectivity index (χ0n) is 9.08. The van der Waals surface area contributed by atoms with E-state index in [0.717, 1.165) is 16.5 Å². The summed E-state index contributed by atoms with van der Waals surface area (Å²) in [6.45, 7) is 4.12. The number of rotatable bonds is 3. The first kappa shape index (κ1) is 9.97. The Morgan fingerprint density at radius 3 is 2.87 bits per heavy atom. The Balaban J connectivity index is 2.31. The van der Waals surface area contributed by atoms with Gasteiger partial charge in [-0.2, -0.15) is 0 Å². The number of ketones is 1. The van der Waals surface area contributed by atoms with E-state index in [-0.39, 0.29) is 5.78 Å². The fourth-order valence-electron chi connectivity index (χ4n) is 1.72. The molecule has 78 valence electrons. The van der Waals surface area contributed by atoms with E-state index in [9.17, 15) is 4.79 Å². The van der Waals surface area contributed by atoms with Crippen molar-refractivity contribution in [1.29, 1.82) is 0 Å². The van der Waals surface area contributed by atoms with E-state index in [4.69, 9.17) is 0 Å². The summed E-state index contributed by atoms with van der Waals surface area (Å²) < 4.78 is 0. The Labute approximate surface area is 89.3 Å². The van der Waals surface area contributed by atoms with Crippen LogP contribution in [0.15, 0.2) is 30.5 Å². The molecular weight excluding hydrogens is 186 g/mol.